The Morgan fingerprint density at radius 2 is 1.90 bits per heavy atom. The van der Waals surface area contributed by atoms with E-state index in [1.54, 1.807) is 24.3 Å². The zero-order valence-electron chi connectivity index (χ0n) is 11.3. The minimum atomic E-state index is -0.494. The molecule has 2 rings (SSSR count). The lowest BCUT2D eigenvalue weighted by molar-refractivity contribution is -0.706. The molecule has 9 heteroatoms. The van der Waals surface area contributed by atoms with Gasteiger partial charge in [-0.25, -0.2) is 4.90 Å². The van der Waals surface area contributed by atoms with Gasteiger partial charge < -0.3 is 15.2 Å². The Morgan fingerprint density at radius 3 is 2.43 bits per heavy atom. The summed E-state index contributed by atoms with van der Waals surface area (Å²) in [6.07, 6.45) is 0. The second kappa shape index (κ2) is 6.18. The summed E-state index contributed by atoms with van der Waals surface area (Å²) in [6, 6.07) is 6.40. The zero-order chi connectivity index (χ0) is 15.4. The summed E-state index contributed by atoms with van der Waals surface area (Å²) in [6.45, 7) is -0.607. The maximum atomic E-state index is 12.0. The van der Waals surface area contributed by atoms with Gasteiger partial charge in [0.05, 0.1) is 36.3 Å². The van der Waals surface area contributed by atoms with Gasteiger partial charge in [0.2, 0.25) is 12.0 Å². The fourth-order valence-electron chi connectivity index (χ4n) is 1.78. The van der Waals surface area contributed by atoms with E-state index in [0.717, 1.165) is 9.91 Å². The van der Waals surface area contributed by atoms with E-state index in [1.807, 2.05) is 0 Å². The third-order valence-electron chi connectivity index (χ3n) is 2.91. The van der Waals surface area contributed by atoms with Crippen molar-refractivity contribution in [3.05, 3.63) is 40.6 Å². The summed E-state index contributed by atoms with van der Waals surface area (Å²) in [7, 11) is 1.40. The maximum Gasteiger partial charge on any atom is 0.264 e. The van der Waals surface area contributed by atoms with Crippen LogP contribution in [0.4, 0.5) is 0 Å². The molecule has 1 heterocycles. The van der Waals surface area contributed by atoms with Crippen LogP contribution in [0.25, 0.3) is 0 Å². The molecule has 9 nitrogen and oxygen atoms in total. The van der Waals surface area contributed by atoms with Crippen LogP contribution in [-0.2, 0) is 4.84 Å². The molecule has 0 radical (unpaired) electrons. The smallest absolute Gasteiger partial charge is 0.264 e. The van der Waals surface area contributed by atoms with E-state index in [2.05, 4.69) is 5.28 Å². The fourth-order valence-corrected chi connectivity index (χ4v) is 1.78. The number of rotatable bonds is 6. The molecule has 0 fully saturated rings. The average Bonchev–Trinajstić information content (AvgIpc) is 2.73. The quantitative estimate of drug-likeness (QED) is 0.342. The van der Waals surface area contributed by atoms with Crippen LogP contribution in [0.5, 0.6) is 0 Å². The number of amides is 2. The predicted molar refractivity (Wildman–Crippen MR) is 68.7 cm³/mol. The van der Waals surface area contributed by atoms with Crippen molar-refractivity contribution in [3.63, 3.8) is 0 Å². The number of aliphatic hydroxyl groups is 1. The van der Waals surface area contributed by atoms with Crippen LogP contribution in [0.2, 0.25) is 0 Å². The number of fused-ring (bicyclic) bond motifs is 1. The van der Waals surface area contributed by atoms with E-state index < -0.39 is 18.5 Å². The van der Waals surface area contributed by atoms with Crippen LogP contribution >= 0.6 is 0 Å². The molecule has 1 aromatic carbocycles. The number of aliphatic hydroxyl groups excluding tert-OH is 1. The number of benzene rings is 1. The molecule has 112 valence electrons. The maximum absolute atomic E-state index is 12.0. The number of hydrazine groups is 1. The summed E-state index contributed by atoms with van der Waals surface area (Å²) < 4.78 is 0. The summed E-state index contributed by atoms with van der Waals surface area (Å²) in [5.74, 6) is -0.987. The molecule has 0 spiro atoms. The SMILES string of the molecule is CN(CCO)/[N+]([O-])=N\OCN1C(=O)c2ccccc2C1=O. The fraction of sp³-hybridized carbons (Fsp3) is 0.333. The minimum Gasteiger partial charge on any atom is -0.569 e. The average molecular weight is 294 g/mol. The van der Waals surface area contributed by atoms with E-state index in [4.69, 9.17) is 9.94 Å². The molecule has 1 aliphatic heterocycles. The Kier molecular flexibility index (Phi) is 4.33. The molecule has 1 aliphatic rings. The van der Waals surface area contributed by atoms with Gasteiger partial charge in [-0.15, -0.1) is 5.01 Å². The molecule has 2 amide bonds. The van der Waals surface area contributed by atoms with Crippen molar-refractivity contribution in [1.29, 1.82) is 0 Å². The number of hydrogen-bond acceptors (Lipinski definition) is 6. The molecule has 1 N–H and O–H groups in total. The lowest BCUT2D eigenvalue weighted by Crippen LogP contribution is -2.33. The molecule has 0 saturated heterocycles. The van der Waals surface area contributed by atoms with Gasteiger partial charge in [-0.2, -0.15) is 0 Å². The normalized spacial score (nSPS) is 14.4. The van der Waals surface area contributed by atoms with Gasteiger partial charge in [-0.3, -0.25) is 9.59 Å². The molecule has 0 bridgehead atoms. The highest BCUT2D eigenvalue weighted by atomic mass is 16.7. The third-order valence-corrected chi connectivity index (χ3v) is 2.91. The van der Waals surface area contributed by atoms with Gasteiger partial charge in [-0.1, -0.05) is 12.1 Å². The zero-order valence-corrected chi connectivity index (χ0v) is 11.3. The Morgan fingerprint density at radius 1 is 1.33 bits per heavy atom. The first kappa shape index (κ1) is 14.7. The number of carbonyl (C=O) groups excluding carboxylic acids is 2. The van der Waals surface area contributed by atoms with Crippen molar-refractivity contribution in [2.75, 3.05) is 26.9 Å². The summed E-state index contributed by atoms with van der Waals surface area (Å²) in [4.78, 5) is 29.6. The van der Waals surface area contributed by atoms with Crippen molar-refractivity contribution >= 4 is 11.8 Å². The highest BCUT2D eigenvalue weighted by Crippen LogP contribution is 2.21. The standard InChI is InChI=1S/C12H14N4O5/c1-14(6-7-17)16(20)13-21-8-15-11(18)9-4-2-3-5-10(9)12(15)19/h2-5,17H,6-8H2,1H3/b16-13+. The molecule has 1 aromatic rings. The van der Waals surface area contributed by atoms with Crippen molar-refractivity contribution in [1.82, 2.24) is 9.91 Å². The first-order valence-electron chi connectivity index (χ1n) is 6.13. The van der Waals surface area contributed by atoms with Gasteiger partial charge >= 0.3 is 0 Å². The lowest BCUT2D eigenvalue weighted by Gasteiger charge is -2.13. The Balaban J connectivity index is 1.98. The first-order chi connectivity index (χ1) is 10.1. The van der Waals surface area contributed by atoms with Gasteiger partial charge in [-0.05, 0) is 12.1 Å². The number of carbonyl (C=O) groups is 2. The topological polar surface area (TPSA) is 109 Å². The molecule has 0 saturated carbocycles. The number of likely N-dealkylation sites (N-methyl/N-ethyl adjacent to an activating group) is 1. The lowest BCUT2D eigenvalue weighted by atomic mass is 10.1. The van der Waals surface area contributed by atoms with Crippen LogP contribution in [0.1, 0.15) is 20.7 Å². The van der Waals surface area contributed by atoms with Crippen molar-refractivity contribution in [2.45, 2.75) is 0 Å². The highest BCUT2D eigenvalue weighted by Gasteiger charge is 2.35. The van der Waals surface area contributed by atoms with Crippen LogP contribution in [0, 0.1) is 5.21 Å². The van der Waals surface area contributed by atoms with E-state index in [0.29, 0.717) is 11.1 Å². The van der Waals surface area contributed by atoms with Crippen molar-refractivity contribution in [2.24, 2.45) is 5.28 Å². The number of hydrogen-bond donors (Lipinski definition) is 1. The van der Waals surface area contributed by atoms with E-state index in [9.17, 15) is 14.8 Å². The van der Waals surface area contributed by atoms with Gasteiger partial charge in [0.15, 0.2) is 0 Å². The summed E-state index contributed by atoms with van der Waals surface area (Å²) >= 11 is 0. The monoisotopic (exact) mass is 294 g/mol. The van der Waals surface area contributed by atoms with Gasteiger partial charge in [0, 0.05) is 0 Å². The predicted octanol–water partition coefficient (Wildman–Crippen LogP) is -0.0267. The molecule has 0 atom stereocenters. The van der Waals surface area contributed by atoms with Crippen molar-refractivity contribution < 1.29 is 24.5 Å². The number of imide groups is 1. The van der Waals surface area contributed by atoms with E-state index in [-0.39, 0.29) is 18.1 Å². The van der Waals surface area contributed by atoms with Gasteiger partial charge in [0.25, 0.3) is 11.8 Å². The molecule has 21 heavy (non-hydrogen) atoms. The Bertz CT molecular complexity index is 554. The van der Waals surface area contributed by atoms with Crippen LogP contribution in [-0.4, -0.2) is 58.7 Å². The largest absolute Gasteiger partial charge is 0.569 e. The molecule has 0 aromatic heterocycles. The summed E-state index contributed by atoms with van der Waals surface area (Å²) in [5, 5.41) is 24.2. The molecule has 0 unspecified atom stereocenters. The van der Waals surface area contributed by atoms with Gasteiger partial charge in [0.1, 0.15) is 0 Å². The van der Waals surface area contributed by atoms with E-state index >= 15 is 0 Å². The Labute approximate surface area is 120 Å². The molecular weight excluding hydrogens is 280 g/mol. The second-order valence-electron chi connectivity index (χ2n) is 4.28. The summed E-state index contributed by atoms with van der Waals surface area (Å²) in [5.41, 5.74) is 0.588. The van der Waals surface area contributed by atoms with Crippen LogP contribution in [0.3, 0.4) is 0 Å². The van der Waals surface area contributed by atoms with Crippen LogP contribution < -0.4 is 0 Å². The van der Waals surface area contributed by atoms with Crippen molar-refractivity contribution in [3.8, 4) is 0 Å². The van der Waals surface area contributed by atoms with E-state index in [1.165, 1.54) is 7.05 Å². The Hall–Kier alpha value is -2.68. The first-order valence-corrected chi connectivity index (χ1v) is 6.13. The highest BCUT2D eigenvalue weighted by molar-refractivity contribution is 6.21. The van der Waals surface area contributed by atoms with Crippen LogP contribution in [0.15, 0.2) is 29.5 Å². The number of nitrogens with zero attached hydrogens (tertiary/aromatic N) is 4. The second-order valence-corrected chi connectivity index (χ2v) is 4.28. The minimum absolute atomic E-state index is 0.0728. The third kappa shape index (κ3) is 2.92. The molecular formula is C12H14N4O5. The molecule has 0 aliphatic carbocycles.